The Morgan fingerprint density at radius 3 is 2.59 bits per heavy atom. The van der Waals surface area contributed by atoms with Gasteiger partial charge >= 0.3 is 6.18 Å². The highest BCUT2D eigenvalue weighted by Gasteiger charge is 2.31. The molecule has 1 unspecified atom stereocenters. The molecule has 2 aliphatic heterocycles. The van der Waals surface area contributed by atoms with Gasteiger partial charge < -0.3 is 5.01 Å². The summed E-state index contributed by atoms with van der Waals surface area (Å²) in [6.07, 6.45) is 2.66. The molecular weight excluding hydrogens is 349 g/mol. The highest BCUT2D eigenvalue weighted by atomic mass is 19.4. The van der Waals surface area contributed by atoms with Crippen molar-refractivity contribution in [1.29, 1.82) is 0 Å². The molecule has 0 spiro atoms. The number of hydrogen-bond acceptors (Lipinski definition) is 2. The van der Waals surface area contributed by atoms with E-state index in [0.717, 1.165) is 24.6 Å². The lowest BCUT2D eigenvalue weighted by atomic mass is 9.97. The second-order valence-corrected chi connectivity index (χ2v) is 6.97. The summed E-state index contributed by atoms with van der Waals surface area (Å²) < 4.78 is 38.9. The summed E-state index contributed by atoms with van der Waals surface area (Å²) in [5.74, 6) is 0. The van der Waals surface area contributed by atoms with Crippen molar-refractivity contribution in [2.45, 2.75) is 25.6 Å². The van der Waals surface area contributed by atoms with Gasteiger partial charge in [0.05, 0.1) is 11.6 Å². The topological polar surface area (TPSA) is 6.48 Å². The minimum atomic E-state index is -4.31. The lowest BCUT2D eigenvalue weighted by molar-refractivity contribution is -0.137. The Morgan fingerprint density at radius 1 is 1.04 bits per heavy atom. The van der Waals surface area contributed by atoms with E-state index in [0.29, 0.717) is 12.1 Å². The van der Waals surface area contributed by atoms with E-state index >= 15 is 0 Å². The largest absolute Gasteiger partial charge is 0.416 e. The van der Waals surface area contributed by atoms with Crippen LogP contribution in [0.25, 0.3) is 11.6 Å². The van der Waals surface area contributed by atoms with Gasteiger partial charge in [0.25, 0.3) is 0 Å². The Hall–Kier alpha value is -2.53. The van der Waals surface area contributed by atoms with Crippen molar-refractivity contribution in [3.05, 3.63) is 83.1 Å². The van der Waals surface area contributed by atoms with Crippen LogP contribution in [-0.2, 0) is 6.18 Å². The van der Waals surface area contributed by atoms with E-state index < -0.39 is 11.7 Å². The van der Waals surface area contributed by atoms with Gasteiger partial charge in [-0.05, 0) is 53.8 Å². The Kier molecular flexibility index (Phi) is 4.56. The molecular formula is C22H21F3N2. The average molecular weight is 370 g/mol. The molecule has 0 aromatic heterocycles. The first-order valence-corrected chi connectivity index (χ1v) is 9.10. The molecule has 0 saturated carbocycles. The zero-order valence-electron chi connectivity index (χ0n) is 15.1. The van der Waals surface area contributed by atoms with E-state index in [9.17, 15) is 13.2 Å². The van der Waals surface area contributed by atoms with Crippen molar-refractivity contribution in [2.24, 2.45) is 0 Å². The fourth-order valence-corrected chi connectivity index (χ4v) is 3.84. The molecule has 140 valence electrons. The van der Waals surface area contributed by atoms with Crippen LogP contribution in [0.5, 0.6) is 0 Å². The van der Waals surface area contributed by atoms with E-state index in [1.165, 1.54) is 23.3 Å². The van der Waals surface area contributed by atoms with Crippen molar-refractivity contribution in [3.63, 3.8) is 0 Å². The number of hydrogen-bond donors (Lipinski definition) is 0. The van der Waals surface area contributed by atoms with E-state index in [4.69, 9.17) is 0 Å². The van der Waals surface area contributed by atoms with E-state index in [2.05, 4.69) is 47.4 Å². The monoisotopic (exact) mass is 370 g/mol. The van der Waals surface area contributed by atoms with Crippen molar-refractivity contribution < 1.29 is 13.2 Å². The highest BCUT2D eigenvalue weighted by molar-refractivity contribution is 5.67. The fourth-order valence-electron chi connectivity index (χ4n) is 3.84. The molecule has 2 aromatic carbocycles. The summed E-state index contributed by atoms with van der Waals surface area (Å²) in [4.78, 5) is 0. The molecule has 0 saturated heterocycles. The molecule has 0 bridgehead atoms. The maximum absolute atomic E-state index is 13.0. The van der Waals surface area contributed by atoms with Crippen LogP contribution in [0, 0.1) is 0 Å². The Bertz CT molecular complexity index is 898. The standard InChI is InChI=1S/C22H21F3N2/c1-16-21-8-3-2-5-18(21)11-14-27(16)26-12-9-17(10-13-26)19-6-4-7-20(15-19)22(23,24)25/h2-9,11,14-16H,10,12-13H2,1H3. The number of benzene rings is 2. The van der Waals surface area contributed by atoms with Crippen LogP contribution in [0.4, 0.5) is 13.2 Å². The van der Waals surface area contributed by atoms with Crippen LogP contribution in [-0.4, -0.2) is 23.1 Å². The third-order valence-corrected chi connectivity index (χ3v) is 5.32. The quantitative estimate of drug-likeness (QED) is 0.663. The van der Waals surface area contributed by atoms with E-state index in [1.807, 2.05) is 12.1 Å². The summed E-state index contributed by atoms with van der Waals surface area (Å²) in [7, 11) is 0. The minimum absolute atomic E-state index is 0.231. The van der Waals surface area contributed by atoms with Crippen LogP contribution < -0.4 is 0 Å². The first kappa shape index (κ1) is 17.9. The summed E-state index contributed by atoms with van der Waals surface area (Å²) in [6.45, 7) is 3.63. The molecule has 0 aliphatic carbocycles. The smallest absolute Gasteiger partial charge is 0.306 e. The molecule has 0 radical (unpaired) electrons. The summed E-state index contributed by atoms with van der Waals surface area (Å²) in [6, 6.07) is 14.2. The third kappa shape index (κ3) is 3.52. The van der Waals surface area contributed by atoms with Gasteiger partial charge in [-0.15, -0.1) is 0 Å². The number of hydrazine groups is 1. The number of rotatable bonds is 2. The minimum Gasteiger partial charge on any atom is -0.306 e. The molecule has 2 aliphatic rings. The van der Waals surface area contributed by atoms with Gasteiger partial charge in [0.1, 0.15) is 0 Å². The van der Waals surface area contributed by atoms with Crippen molar-refractivity contribution in [1.82, 2.24) is 10.0 Å². The zero-order chi connectivity index (χ0) is 19.0. The van der Waals surface area contributed by atoms with Gasteiger partial charge in [-0.2, -0.15) is 13.2 Å². The molecule has 1 atom stereocenters. The van der Waals surface area contributed by atoms with Gasteiger partial charge in [0.15, 0.2) is 0 Å². The first-order chi connectivity index (χ1) is 12.9. The molecule has 2 heterocycles. The molecule has 0 N–H and O–H groups in total. The van der Waals surface area contributed by atoms with Gasteiger partial charge in [-0.25, -0.2) is 5.01 Å². The molecule has 4 rings (SSSR count). The molecule has 2 nitrogen and oxygen atoms in total. The second kappa shape index (κ2) is 6.89. The first-order valence-electron chi connectivity index (χ1n) is 9.10. The Labute approximate surface area is 157 Å². The van der Waals surface area contributed by atoms with E-state index in [-0.39, 0.29) is 6.04 Å². The highest BCUT2D eigenvalue weighted by Crippen LogP contribution is 2.34. The maximum Gasteiger partial charge on any atom is 0.416 e. The predicted octanol–water partition coefficient (Wildman–Crippen LogP) is 5.76. The molecule has 2 aromatic rings. The van der Waals surface area contributed by atoms with Gasteiger partial charge in [0.2, 0.25) is 0 Å². The van der Waals surface area contributed by atoms with Gasteiger partial charge in [-0.1, -0.05) is 42.5 Å². The van der Waals surface area contributed by atoms with Crippen LogP contribution in [0.2, 0.25) is 0 Å². The second-order valence-electron chi connectivity index (χ2n) is 6.97. The van der Waals surface area contributed by atoms with Crippen molar-refractivity contribution in [2.75, 3.05) is 13.1 Å². The van der Waals surface area contributed by atoms with E-state index in [1.54, 1.807) is 6.07 Å². The number of alkyl halides is 3. The fraction of sp³-hybridized carbons (Fsp3) is 0.273. The third-order valence-electron chi connectivity index (χ3n) is 5.32. The van der Waals surface area contributed by atoms with Crippen LogP contribution in [0.1, 0.15) is 41.6 Å². The van der Waals surface area contributed by atoms with Crippen LogP contribution in [0.3, 0.4) is 0 Å². The lowest BCUT2D eigenvalue weighted by Gasteiger charge is -2.42. The summed E-state index contributed by atoms with van der Waals surface area (Å²) in [5.41, 5.74) is 3.57. The molecule has 0 amide bonds. The zero-order valence-corrected chi connectivity index (χ0v) is 15.1. The summed E-state index contributed by atoms with van der Waals surface area (Å²) >= 11 is 0. The maximum atomic E-state index is 13.0. The van der Waals surface area contributed by atoms with Crippen LogP contribution >= 0.6 is 0 Å². The number of halogens is 3. The predicted molar refractivity (Wildman–Crippen MR) is 101 cm³/mol. The molecule has 0 fully saturated rings. The molecule has 27 heavy (non-hydrogen) atoms. The lowest BCUT2D eigenvalue weighted by Crippen LogP contribution is -2.43. The van der Waals surface area contributed by atoms with Crippen molar-refractivity contribution in [3.8, 4) is 0 Å². The average Bonchev–Trinajstić information content (AvgIpc) is 2.68. The normalized spacial score (nSPS) is 20.4. The van der Waals surface area contributed by atoms with Gasteiger partial charge in [-0.3, -0.25) is 0 Å². The molecule has 5 heteroatoms. The SMILES string of the molecule is CC1c2ccccc2C=CN1N1CC=C(c2cccc(C(F)(F)F)c2)CC1. The summed E-state index contributed by atoms with van der Waals surface area (Å²) in [5, 5.41) is 4.47. The van der Waals surface area contributed by atoms with Gasteiger partial charge in [0, 0.05) is 19.3 Å². The van der Waals surface area contributed by atoms with Crippen LogP contribution in [0.15, 0.2) is 60.8 Å². The Balaban J connectivity index is 1.51. The van der Waals surface area contributed by atoms with Crippen molar-refractivity contribution >= 4 is 11.6 Å². The number of nitrogens with zero attached hydrogens (tertiary/aromatic N) is 2. The number of fused-ring (bicyclic) bond motifs is 1. The Morgan fingerprint density at radius 2 is 1.85 bits per heavy atom.